The van der Waals surface area contributed by atoms with Gasteiger partial charge in [-0.3, -0.25) is 14.4 Å². The van der Waals surface area contributed by atoms with Crippen molar-refractivity contribution in [2.75, 3.05) is 35.3 Å². The number of likely N-dealkylation sites (N-methyl/N-ethyl adjacent to an activating group) is 2. The number of aliphatic hydroxyl groups is 8. The Bertz CT molecular complexity index is 3740. The number of aliphatic hydroxyl groups excluding tert-OH is 7. The van der Waals surface area contributed by atoms with Gasteiger partial charge in [0, 0.05) is 61.3 Å². The molecule has 2 unspecified atom stereocenters. The van der Waals surface area contributed by atoms with Crippen LogP contribution in [-0.2, 0) is 86.2 Å². The van der Waals surface area contributed by atoms with Crippen molar-refractivity contribution in [2.24, 2.45) is 0 Å². The summed E-state index contributed by atoms with van der Waals surface area (Å²) in [4.78, 5) is 48.7. The molecule has 2 bridgehead atoms. The quantitative estimate of drug-likeness (QED) is 0.0456. The molecular formula is C75H112N4O34. The summed E-state index contributed by atoms with van der Waals surface area (Å²) < 4.78 is 107. The number of fused-ring (bicyclic) bond motifs is 8. The van der Waals surface area contributed by atoms with E-state index in [-0.39, 0.29) is 67.4 Å². The van der Waals surface area contributed by atoms with E-state index in [1.54, 1.807) is 88.5 Å². The fourth-order valence-corrected chi connectivity index (χ4v) is 19.0. The minimum atomic E-state index is -2.05. The lowest BCUT2D eigenvalue weighted by Crippen LogP contribution is -3.16. The number of hydrogen-bond acceptors (Lipinski definition) is 36. The summed E-state index contributed by atoms with van der Waals surface area (Å²) >= 11 is 0. The second-order valence-corrected chi connectivity index (χ2v) is 33.8. The summed E-state index contributed by atoms with van der Waals surface area (Å²) in [5.74, 6) is -6.57. The molecule has 113 heavy (non-hydrogen) atoms. The van der Waals surface area contributed by atoms with E-state index in [1.165, 1.54) is 26.8 Å². The number of rotatable bonds is 19. The van der Waals surface area contributed by atoms with Crippen molar-refractivity contribution < 1.29 is 167 Å². The molecule has 2 aliphatic carbocycles. The van der Waals surface area contributed by atoms with E-state index in [2.05, 4.69) is 0 Å². The van der Waals surface area contributed by atoms with Gasteiger partial charge in [-0.25, -0.2) is 20.9 Å². The molecule has 0 spiro atoms. The molecular weight excluding hydrogens is 1500 g/mol. The van der Waals surface area contributed by atoms with E-state index in [0.717, 1.165) is 13.2 Å². The highest BCUT2D eigenvalue weighted by Crippen LogP contribution is 2.58. The minimum Gasteiger partial charge on any atom is -0.600 e. The van der Waals surface area contributed by atoms with Crippen molar-refractivity contribution in [3.05, 3.63) is 61.5 Å². The van der Waals surface area contributed by atoms with Crippen molar-refractivity contribution in [1.29, 1.82) is 0 Å². The molecule has 0 amide bonds. The van der Waals surface area contributed by atoms with Crippen LogP contribution in [0.25, 0.3) is 0 Å². The summed E-state index contributed by atoms with van der Waals surface area (Å²) in [7, 11) is 7.98. The summed E-state index contributed by atoms with van der Waals surface area (Å²) in [5.41, 5.74) is -9.66. The maximum Gasteiger partial charge on any atom is 0.316 e. The van der Waals surface area contributed by atoms with E-state index in [4.69, 9.17) is 80.5 Å². The Balaban J connectivity index is 0.710. The average Bonchev–Trinajstić information content (AvgIpc) is 0.687. The number of carbonyl (C=O) groups excluding carboxylic acids is 3. The lowest BCUT2D eigenvalue weighted by molar-refractivity contribution is -1.09. The molecule has 9 heterocycles. The molecule has 0 radical (unpaired) electrons. The summed E-state index contributed by atoms with van der Waals surface area (Å²) in [6.07, 6.45) is -33.8. The number of hydroxylamine groups is 4. The Kier molecular flexibility index (Phi) is 24.8. The summed E-state index contributed by atoms with van der Waals surface area (Å²) in [6.45, 7) is 17.1. The molecule has 2 aromatic rings. The Hall–Kier alpha value is -4.59. The summed E-state index contributed by atoms with van der Waals surface area (Å²) in [5, 5.41) is 160. The first-order valence-corrected chi connectivity index (χ1v) is 38.7. The van der Waals surface area contributed by atoms with Gasteiger partial charge in [0.25, 0.3) is 0 Å². The number of esters is 1. The number of ketones is 2. The van der Waals surface area contributed by atoms with Gasteiger partial charge in [-0.15, -0.1) is 0 Å². The molecule has 2 aromatic carbocycles. The fourth-order valence-electron chi connectivity index (χ4n) is 19.0. The number of phenolic OH excluding ortho intramolecular Hbond substituents is 2. The van der Waals surface area contributed by atoms with E-state index in [0.29, 0.717) is 0 Å². The van der Waals surface area contributed by atoms with Crippen LogP contribution < -0.4 is 15.2 Å². The standard InChI is InChI=1S/C75H112N4O34/c1-27-57(85)39(81)20-46(98-27)109-67-32(6)103-49(25-72(67,8)78(93)94)107-64-30(4)101-45(22-41(64)83)106-63-29(3)100-44(19-37(63)76(12)13)105-43-24-74(10,92)55(70(91)97-16)34-17-35-52(60(88)51(34)43)61(89)53-38(80)18-36-66(54(53)59(35)87)112-71-62(90)56(77(14)15)69(75(36,11)113-71)111-48-23-42(84)65(31(5)102-48)108-50-26-73(9,79(95)96)68(33(7)104-50)110-47-21-40(82)58(86)28(2)99-47/h17-18,27-33,37,39-50,55-58,62-65,67-69,71,78-86,88,90,92-93,95H,19-26H2,1-16H3/t27-,28-,29-,30+,31+,32-,33-,37-,39-,40-,41-,42-,43-,44-,45+,46-,47-,48+,49+,50+,55-,56-,57+,58+,62-,63+,64+,65+,67+,68+,69-,71+,72+,73-,74-,75+/m0/s1. The number of methoxy groups -OCH3 is 1. The number of benzene rings is 2. The number of nitrogens with one attached hydrogen (secondary N) is 2. The number of nitrogens with zero attached hydrogens (tertiary/aromatic N) is 2. The van der Waals surface area contributed by atoms with Crippen LogP contribution in [0.5, 0.6) is 17.2 Å². The van der Waals surface area contributed by atoms with Gasteiger partial charge in [-0.05, 0) is 122 Å². The maximum atomic E-state index is 15.7. The Morgan fingerprint density at radius 3 is 1.42 bits per heavy atom. The summed E-state index contributed by atoms with van der Waals surface area (Å²) in [6, 6.07) is 0.784. The largest absolute Gasteiger partial charge is 0.600 e. The molecule has 0 aromatic heterocycles. The topological polar surface area (TPSA) is 512 Å². The SMILES string of the molecule is COC(=O)[C@@H]1c2cc3c(c(O)c2[C@@H](O[C@H]2C[C@H](N(C)C)[C@H](O[C@@H]4C[C@H](O)[C@H](O[C@@H]5C[C@@](C)([NH+]([O-])O)[C@H](O[C@H]6C[C@H](O)[C@H](O)[C@H](C)O6)[C@H](C)O5)[C@@H](C)O4)[C@H](C)O2)C[C@]1(C)O)C(=O)c1c(O)cc2c(c1C3=O)O[C@@H]1O[C@@]2(C)[C@@H](O[C@@H]2C[C@H](O)[C@H](O[C@@H]3C[C@](C)([NH+]([O-])O)[C@H](O[C@H]4C[C@H](O)[C@H](O)[C@H](C)O4)[C@H](C)O3)[C@@H](C)O2)[C@@H](N(C)C)[C@@H]1O. The van der Waals surface area contributed by atoms with E-state index < -0.39 is 287 Å². The molecule has 38 atom stereocenters. The van der Waals surface area contributed by atoms with Gasteiger partial charge in [0.15, 0.2) is 60.9 Å². The van der Waals surface area contributed by atoms with Crippen LogP contribution in [0, 0.1) is 10.4 Å². The fraction of sp³-hybridized carbons (Fsp3) is 0.800. The van der Waals surface area contributed by atoms with Gasteiger partial charge < -0.3 is 152 Å². The first kappa shape index (κ1) is 86.3. The van der Waals surface area contributed by atoms with E-state index in [9.17, 15) is 76.7 Å². The van der Waals surface area contributed by atoms with Crippen LogP contribution in [0.15, 0.2) is 12.1 Å². The monoisotopic (exact) mass is 1610 g/mol. The highest BCUT2D eigenvalue weighted by molar-refractivity contribution is 6.31. The van der Waals surface area contributed by atoms with Gasteiger partial charge in [0.05, 0.1) is 122 Å². The van der Waals surface area contributed by atoms with E-state index >= 15 is 9.59 Å². The lowest BCUT2D eigenvalue weighted by Gasteiger charge is -2.56. The second-order valence-electron chi connectivity index (χ2n) is 33.8. The molecule has 8 fully saturated rings. The normalized spacial score (nSPS) is 46.5. The lowest BCUT2D eigenvalue weighted by atomic mass is 9.68. The number of aromatic hydroxyl groups is 2. The smallest absolute Gasteiger partial charge is 0.316 e. The highest BCUT2D eigenvalue weighted by Gasteiger charge is 2.64. The van der Waals surface area contributed by atoms with Crippen LogP contribution in [0.1, 0.15) is 188 Å². The van der Waals surface area contributed by atoms with E-state index in [1.807, 2.05) is 4.90 Å². The zero-order chi connectivity index (χ0) is 82.4. The van der Waals surface area contributed by atoms with Crippen LogP contribution in [0.4, 0.5) is 0 Å². The van der Waals surface area contributed by atoms with Gasteiger partial charge in [0.1, 0.15) is 83.7 Å². The predicted molar refractivity (Wildman–Crippen MR) is 378 cm³/mol. The molecule has 11 aliphatic rings. The van der Waals surface area contributed by atoms with Crippen molar-refractivity contribution in [2.45, 2.75) is 346 Å². The zero-order valence-electron chi connectivity index (χ0n) is 66.0. The van der Waals surface area contributed by atoms with Crippen LogP contribution in [0.2, 0.25) is 0 Å². The highest BCUT2D eigenvalue weighted by atomic mass is 16.8. The molecule has 636 valence electrons. The first-order valence-electron chi connectivity index (χ1n) is 38.7. The Morgan fingerprint density at radius 2 is 0.965 bits per heavy atom. The van der Waals surface area contributed by atoms with Gasteiger partial charge >= 0.3 is 5.97 Å². The Morgan fingerprint density at radius 1 is 0.522 bits per heavy atom. The van der Waals surface area contributed by atoms with Crippen molar-refractivity contribution in [3.8, 4) is 17.2 Å². The maximum absolute atomic E-state index is 15.7. The van der Waals surface area contributed by atoms with Crippen molar-refractivity contribution in [1.82, 2.24) is 9.80 Å². The third-order valence-corrected chi connectivity index (χ3v) is 25.1. The van der Waals surface area contributed by atoms with Gasteiger partial charge in [-0.1, -0.05) is 0 Å². The predicted octanol–water partition coefficient (Wildman–Crippen LogP) is -1.99. The van der Waals surface area contributed by atoms with Crippen LogP contribution >= 0.6 is 0 Å². The average molecular weight is 1610 g/mol. The number of hydrogen-bond donors (Lipinski definition) is 14. The Labute approximate surface area is 652 Å². The number of carbonyl (C=O) groups is 3. The molecule has 38 heteroatoms. The zero-order valence-corrected chi connectivity index (χ0v) is 66.0. The molecule has 8 saturated heterocycles. The second kappa shape index (κ2) is 32.5. The minimum absolute atomic E-state index is 0.0358. The van der Waals surface area contributed by atoms with Crippen LogP contribution in [-0.4, -0.2) is 325 Å². The first-order chi connectivity index (χ1) is 52.9. The number of quaternary nitrogens is 2. The van der Waals surface area contributed by atoms with Gasteiger partial charge in [0.2, 0.25) is 12.1 Å². The third kappa shape index (κ3) is 15.7. The molecule has 13 rings (SSSR count). The molecule has 0 saturated carbocycles. The molecule has 9 aliphatic heterocycles. The molecule has 38 nitrogen and oxygen atoms in total. The van der Waals surface area contributed by atoms with Crippen molar-refractivity contribution >= 4 is 17.5 Å². The van der Waals surface area contributed by atoms with Gasteiger partial charge in [-0.2, -0.15) is 0 Å². The molecule has 14 N–H and O–H groups in total. The number of phenols is 2. The third-order valence-electron chi connectivity index (χ3n) is 25.1. The van der Waals surface area contributed by atoms with Crippen LogP contribution in [0.3, 0.4) is 0 Å². The van der Waals surface area contributed by atoms with Crippen molar-refractivity contribution in [3.63, 3.8) is 0 Å². The number of ether oxygens (including phenoxy) is 17.